The highest BCUT2D eigenvalue weighted by Crippen LogP contribution is 1.95. The molecule has 1 aromatic rings. The van der Waals surface area contributed by atoms with Crippen LogP contribution in [0, 0.1) is 0 Å². The molecule has 0 saturated heterocycles. The second-order valence-corrected chi connectivity index (χ2v) is 1.78. The van der Waals surface area contributed by atoms with Crippen molar-refractivity contribution in [3.8, 4) is 0 Å². The molecule has 1 aromatic heterocycles. The number of H-pyrrole nitrogens is 1. The Morgan fingerprint density at radius 3 is 2.71 bits per heavy atom. The van der Waals surface area contributed by atoms with Gasteiger partial charge in [0, 0.05) is 6.07 Å². The average Bonchev–Trinajstić information content (AvgIpc) is 1.69. The van der Waals surface area contributed by atoms with Gasteiger partial charge in [0.1, 0.15) is 0 Å². The van der Waals surface area contributed by atoms with Gasteiger partial charge in [-0.3, -0.25) is 0 Å². The number of pyridine rings is 1. The highest BCUT2D eigenvalue weighted by Gasteiger charge is 1.80. The van der Waals surface area contributed by atoms with Crippen LogP contribution in [0.25, 0.3) is 0 Å². The zero-order valence-corrected chi connectivity index (χ0v) is 4.65. The quantitative estimate of drug-likeness (QED) is 0.477. The lowest BCUT2D eigenvalue weighted by atomic mass is 10.5. The van der Waals surface area contributed by atoms with E-state index < -0.39 is 0 Å². The molecule has 0 amide bonds. The van der Waals surface area contributed by atoms with Crippen LogP contribution in [0.4, 0.5) is 0 Å². The van der Waals surface area contributed by atoms with E-state index in [1.807, 2.05) is 24.5 Å². The normalized spacial score (nSPS) is 8.71. The molecule has 0 aromatic carbocycles. The lowest BCUT2D eigenvalue weighted by Crippen LogP contribution is -1.95. The van der Waals surface area contributed by atoms with E-state index in [1.54, 1.807) is 0 Å². The number of nitrogens with one attached hydrogen (secondary N) is 1. The molecule has 0 aliphatic carbocycles. The fraction of sp³-hybridized carbons (Fsp3) is 0. The zero-order chi connectivity index (χ0) is 5.11. The largest absolute Gasteiger partial charge is 0.217 e. The SMILES string of the molecule is Sc1ccc[nH+]c1. The fourth-order valence-electron chi connectivity index (χ4n) is 0.384. The first-order valence-electron chi connectivity index (χ1n) is 2.04. The van der Waals surface area contributed by atoms with E-state index >= 15 is 0 Å². The van der Waals surface area contributed by atoms with E-state index in [0.29, 0.717) is 0 Å². The molecule has 2 heteroatoms. The second kappa shape index (κ2) is 1.98. The predicted octanol–water partition coefficient (Wildman–Crippen LogP) is 0.789. The molecular formula is C5H6NS+. The molecule has 0 radical (unpaired) electrons. The Hall–Kier alpha value is -0.500. The van der Waals surface area contributed by atoms with Crippen LogP contribution in [0.2, 0.25) is 0 Å². The third-order valence-corrected chi connectivity index (χ3v) is 0.969. The Balaban J connectivity index is 3.02. The number of aromatic amines is 1. The minimum Gasteiger partial charge on any atom is -0.217 e. The predicted molar refractivity (Wildman–Crippen MR) is 30.2 cm³/mol. The summed E-state index contributed by atoms with van der Waals surface area (Å²) in [5.74, 6) is 0. The summed E-state index contributed by atoms with van der Waals surface area (Å²) in [6, 6.07) is 3.82. The molecule has 1 heterocycles. The molecular weight excluding hydrogens is 106 g/mol. The van der Waals surface area contributed by atoms with Crippen molar-refractivity contribution < 1.29 is 4.98 Å². The lowest BCUT2D eigenvalue weighted by molar-refractivity contribution is -0.380. The van der Waals surface area contributed by atoms with E-state index in [2.05, 4.69) is 17.6 Å². The maximum absolute atomic E-state index is 4.05. The molecule has 1 N–H and O–H groups in total. The van der Waals surface area contributed by atoms with Gasteiger partial charge in [0.2, 0.25) is 0 Å². The molecule has 36 valence electrons. The summed E-state index contributed by atoms with van der Waals surface area (Å²) < 4.78 is 0. The third kappa shape index (κ3) is 1.20. The van der Waals surface area contributed by atoms with Crippen LogP contribution < -0.4 is 4.98 Å². The molecule has 0 fully saturated rings. The number of thiol groups is 1. The summed E-state index contributed by atoms with van der Waals surface area (Å²) in [7, 11) is 0. The Labute approximate surface area is 47.8 Å². The minimum absolute atomic E-state index is 0.961. The van der Waals surface area contributed by atoms with Crippen molar-refractivity contribution in [3.63, 3.8) is 0 Å². The second-order valence-electron chi connectivity index (χ2n) is 1.26. The van der Waals surface area contributed by atoms with Crippen LogP contribution in [-0.2, 0) is 0 Å². The molecule has 0 spiro atoms. The summed E-state index contributed by atoms with van der Waals surface area (Å²) in [6.07, 6.45) is 3.67. The van der Waals surface area contributed by atoms with Gasteiger partial charge in [0.05, 0.1) is 4.90 Å². The van der Waals surface area contributed by atoms with E-state index in [9.17, 15) is 0 Å². The number of aromatic nitrogens is 1. The summed E-state index contributed by atoms with van der Waals surface area (Å²) >= 11 is 4.05. The van der Waals surface area contributed by atoms with Gasteiger partial charge in [-0.2, -0.15) is 0 Å². The van der Waals surface area contributed by atoms with Crippen LogP contribution >= 0.6 is 12.6 Å². The van der Waals surface area contributed by atoms with Gasteiger partial charge in [-0.1, -0.05) is 0 Å². The summed E-state index contributed by atoms with van der Waals surface area (Å²) in [5.41, 5.74) is 0. The minimum atomic E-state index is 0.961. The molecule has 0 bridgehead atoms. The Morgan fingerprint density at radius 1 is 1.57 bits per heavy atom. The number of hydrogen-bond donors (Lipinski definition) is 1. The summed E-state index contributed by atoms with van der Waals surface area (Å²) in [5, 5.41) is 0. The third-order valence-electron chi connectivity index (χ3n) is 0.691. The van der Waals surface area contributed by atoms with Crippen molar-refractivity contribution in [1.29, 1.82) is 0 Å². The lowest BCUT2D eigenvalue weighted by Gasteiger charge is -1.75. The molecule has 0 saturated carbocycles. The monoisotopic (exact) mass is 112 g/mol. The highest BCUT2D eigenvalue weighted by atomic mass is 32.1. The first-order chi connectivity index (χ1) is 3.39. The van der Waals surface area contributed by atoms with Crippen molar-refractivity contribution in [2.75, 3.05) is 0 Å². The Kier molecular flexibility index (Phi) is 1.32. The molecule has 0 aliphatic rings. The molecule has 0 aliphatic heterocycles. The molecule has 0 unspecified atom stereocenters. The van der Waals surface area contributed by atoms with Crippen molar-refractivity contribution >= 4 is 12.6 Å². The van der Waals surface area contributed by atoms with Crippen molar-refractivity contribution in [1.82, 2.24) is 0 Å². The zero-order valence-electron chi connectivity index (χ0n) is 3.76. The first kappa shape index (κ1) is 4.65. The van der Waals surface area contributed by atoms with Gasteiger partial charge in [-0.15, -0.1) is 12.6 Å². The van der Waals surface area contributed by atoms with Crippen LogP contribution in [0.3, 0.4) is 0 Å². The van der Waals surface area contributed by atoms with E-state index in [4.69, 9.17) is 0 Å². The van der Waals surface area contributed by atoms with E-state index in [1.165, 1.54) is 0 Å². The van der Waals surface area contributed by atoms with Gasteiger partial charge >= 0.3 is 0 Å². The standard InChI is InChI=1S/C5H5NS/c7-5-2-1-3-6-4-5/h1-4,7H/p+1. The maximum atomic E-state index is 4.05. The average molecular weight is 112 g/mol. The topological polar surface area (TPSA) is 14.1 Å². The molecule has 1 rings (SSSR count). The van der Waals surface area contributed by atoms with Crippen LogP contribution in [0.5, 0.6) is 0 Å². The molecule has 1 nitrogen and oxygen atoms in total. The van der Waals surface area contributed by atoms with Crippen molar-refractivity contribution in [2.24, 2.45) is 0 Å². The Bertz CT molecular complexity index is 138. The van der Waals surface area contributed by atoms with Gasteiger partial charge in [-0.05, 0) is 6.07 Å². The number of hydrogen-bond acceptors (Lipinski definition) is 1. The van der Waals surface area contributed by atoms with E-state index in [0.717, 1.165) is 4.90 Å². The maximum Gasteiger partial charge on any atom is 0.180 e. The first-order valence-corrected chi connectivity index (χ1v) is 2.49. The van der Waals surface area contributed by atoms with Gasteiger partial charge in [-0.25, -0.2) is 4.98 Å². The fourth-order valence-corrected chi connectivity index (χ4v) is 0.544. The van der Waals surface area contributed by atoms with Gasteiger partial charge in [0.25, 0.3) is 0 Å². The van der Waals surface area contributed by atoms with Gasteiger partial charge < -0.3 is 0 Å². The summed E-state index contributed by atoms with van der Waals surface area (Å²) in [4.78, 5) is 3.84. The number of rotatable bonds is 0. The van der Waals surface area contributed by atoms with Crippen molar-refractivity contribution in [2.45, 2.75) is 4.90 Å². The van der Waals surface area contributed by atoms with E-state index in [-0.39, 0.29) is 0 Å². The van der Waals surface area contributed by atoms with Crippen LogP contribution in [0.1, 0.15) is 0 Å². The van der Waals surface area contributed by atoms with Gasteiger partial charge in [0.15, 0.2) is 12.4 Å². The smallest absolute Gasteiger partial charge is 0.180 e. The molecule has 0 atom stereocenters. The highest BCUT2D eigenvalue weighted by molar-refractivity contribution is 7.80. The van der Waals surface area contributed by atoms with Crippen LogP contribution in [-0.4, -0.2) is 0 Å². The van der Waals surface area contributed by atoms with Crippen molar-refractivity contribution in [3.05, 3.63) is 24.5 Å². The molecule has 7 heavy (non-hydrogen) atoms. The van der Waals surface area contributed by atoms with Crippen LogP contribution in [0.15, 0.2) is 29.4 Å². The summed E-state index contributed by atoms with van der Waals surface area (Å²) in [6.45, 7) is 0. The Morgan fingerprint density at radius 2 is 2.43 bits per heavy atom.